The van der Waals surface area contributed by atoms with Crippen molar-refractivity contribution in [2.24, 2.45) is 0 Å². The van der Waals surface area contributed by atoms with Gasteiger partial charge in [-0.3, -0.25) is 4.79 Å². The lowest BCUT2D eigenvalue weighted by molar-refractivity contribution is 0.0948. The van der Waals surface area contributed by atoms with Gasteiger partial charge in [-0.1, -0.05) is 37.7 Å². The van der Waals surface area contributed by atoms with Crippen LogP contribution in [0.5, 0.6) is 0 Å². The summed E-state index contributed by atoms with van der Waals surface area (Å²) in [5, 5.41) is 3.64. The van der Waals surface area contributed by atoms with E-state index >= 15 is 0 Å². The van der Waals surface area contributed by atoms with Crippen molar-refractivity contribution in [1.82, 2.24) is 15.3 Å². The molecule has 1 N–H and O–H groups in total. The molecule has 1 aromatic carbocycles. The fourth-order valence-corrected chi connectivity index (χ4v) is 3.76. The number of carbonyl (C=O) groups excluding carboxylic acids is 1. The molecule has 0 saturated carbocycles. The first-order valence-electron chi connectivity index (χ1n) is 10.2. The van der Waals surface area contributed by atoms with Crippen LogP contribution in [-0.4, -0.2) is 29.5 Å². The molecule has 0 bridgehead atoms. The van der Waals surface area contributed by atoms with E-state index in [0.29, 0.717) is 12.1 Å². The number of nitrogens with one attached hydrogen (secondary N) is 1. The van der Waals surface area contributed by atoms with Crippen molar-refractivity contribution in [2.75, 3.05) is 18.5 Å². The maximum Gasteiger partial charge on any atom is 0.251 e. The lowest BCUT2D eigenvalue weighted by Gasteiger charge is -2.18. The Morgan fingerprint density at radius 3 is 2.63 bits per heavy atom. The molecule has 7 heteroatoms. The minimum absolute atomic E-state index is 0.117. The number of rotatable bonds is 10. The Morgan fingerprint density at radius 2 is 1.97 bits per heavy atom. The molecule has 0 spiro atoms. The van der Waals surface area contributed by atoms with Gasteiger partial charge in [0.05, 0.1) is 12.8 Å². The summed E-state index contributed by atoms with van der Waals surface area (Å²) in [5.74, 6) is 2.33. The number of furan rings is 1. The normalized spacial score (nSPS) is 10.8. The van der Waals surface area contributed by atoms with Crippen molar-refractivity contribution in [3.8, 4) is 0 Å². The second-order valence-corrected chi connectivity index (χ2v) is 7.97. The minimum Gasteiger partial charge on any atom is -0.467 e. The molecule has 3 rings (SSSR count). The molecule has 0 atom stereocenters. The third kappa shape index (κ3) is 6.10. The van der Waals surface area contributed by atoms with Gasteiger partial charge >= 0.3 is 0 Å². The summed E-state index contributed by atoms with van der Waals surface area (Å²) in [6.45, 7) is 5.61. The molecule has 0 aliphatic carbocycles. The Kier molecular flexibility index (Phi) is 7.90. The monoisotopic (exact) mass is 424 g/mol. The topological polar surface area (TPSA) is 71.3 Å². The van der Waals surface area contributed by atoms with E-state index in [9.17, 15) is 4.79 Å². The molecule has 3 aromatic rings. The molecule has 0 aliphatic heterocycles. The largest absolute Gasteiger partial charge is 0.467 e. The van der Waals surface area contributed by atoms with E-state index in [1.54, 1.807) is 24.1 Å². The van der Waals surface area contributed by atoms with Gasteiger partial charge in [-0.25, -0.2) is 9.97 Å². The quantitative estimate of drug-likeness (QED) is 0.376. The van der Waals surface area contributed by atoms with Gasteiger partial charge < -0.3 is 14.6 Å². The summed E-state index contributed by atoms with van der Waals surface area (Å²) in [6.07, 6.45) is 3.55. The van der Waals surface area contributed by atoms with Gasteiger partial charge in [0, 0.05) is 36.7 Å². The van der Waals surface area contributed by atoms with E-state index in [2.05, 4.69) is 42.2 Å². The van der Waals surface area contributed by atoms with Crippen LogP contribution < -0.4 is 10.2 Å². The van der Waals surface area contributed by atoms with Gasteiger partial charge in [-0.15, -0.1) is 0 Å². The summed E-state index contributed by atoms with van der Waals surface area (Å²) < 4.78 is 5.23. The predicted molar refractivity (Wildman–Crippen MR) is 121 cm³/mol. The number of hydrogen-bond donors (Lipinski definition) is 1. The number of amides is 1. The van der Waals surface area contributed by atoms with Crippen molar-refractivity contribution < 1.29 is 9.21 Å². The van der Waals surface area contributed by atoms with Crippen LogP contribution in [0, 0.1) is 0 Å². The minimum atomic E-state index is -0.117. The van der Waals surface area contributed by atoms with Crippen LogP contribution in [0.4, 0.5) is 5.82 Å². The molecule has 6 nitrogen and oxygen atoms in total. The second kappa shape index (κ2) is 10.8. The summed E-state index contributed by atoms with van der Waals surface area (Å²) >= 11 is 1.61. The molecule has 0 radical (unpaired) electrons. The Morgan fingerprint density at radius 1 is 1.17 bits per heavy atom. The molecule has 2 aromatic heterocycles. The van der Waals surface area contributed by atoms with Gasteiger partial charge in [-0.2, -0.15) is 0 Å². The maximum absolute atomic E-state index is 12.3. The Balaban J connectivity index is 1.59. The molecule has 0 fully saturated rings. The third-order valence-electron chi connectivity index (χ3n) is 4.64. The summed E-state index contributed by atoms with van der Waals surface area (Å²) in [7, 11) is 2.06. The second-order valence-electron chi connectivity index (χ2n) is 7.02. The first-order chi connectivity index (χ1) is 14.6. The van der Waals surface area contributed by atoms with E-state index in [0.717, 1.165) is 53.1 Å². The number of carbonyl (C=O) groups is 1. The number of thioether (sulfide) groups is 1. The van der Waals surface area contributed by atoms with Gasteiger partial charge in [-0.05, 0) is 42.7 Å². The third-order valence-corrected chi connectivity index (χ3v) is 5.56. The lowest BCUT2D eigenvalue weighted by atomic mass is 10.1. The van der Waals surface area contributed by atoms with Gasteiger partial charge in [0.1, 0.15) is 11.6 Å². The van der Waals surface area contributed by atoms with Gasteiger partial charge in [0.2, 0.25) is 0 Å². The van der Waals surface area contributed by atoms with Crippen LogP contribution in [-0.2, 0) is 18.7 Å². The van der Waals surface area contributed by atoms with E-state index in [-0.39, 0.29) is 5.91 Å². The summed E-state index contributed by atoms with van der Waals surface area (Å²) in [6, 6.07) is 13.3. The Labute approximate surface area is 182 Å². The predicted octanol–water partition coefficient (Wildman–Crippen LogP) is 4.70. The average Bonchev–Trinajstić information content (AvgIpc) is 3.30. The van der Waals surface area contributed by atoms with Crippen LogP contribution >= 0.6 is 11.8 Å². The average molecular weight is 425 g/mol. The Bertz CT molecular complexity index is 942. The highest BCUT2D eigenvalue weighted by molar-refractivity contribution is 7.98. The fourth-order valence-electron chi connectivity index (χ4n) is 2.93. The molecule has 2 heterocycles. The zero-order valence-electron chi connectivity index (χ0n) is 17.7. The van der Waals surface area contributed by atoms with Crippen molar-refractivity contribution in [1.29, 1.82) is 0 Å². The molecule has 158 valence electrons. The van der Waals surface area contributed by atoms with Crippen LogP contribution in [0.3, 0.4) is 0 Å². The molecule has 0 aliphatic rings. The number of hydrogen-bond acceptors (Lipinski definition) is 6. The van der Waals surface area contributed by atoms with E-state index in [4.69, 9.17) is 9.40 Å². The molecule has 0 saturated heterocycles. The number of aryl methyl sites for hydroxylation is 1. The van der Waals surface area contributed by atoms with Crippen LogP contribution in [0.25, 0.3) is 0 Å². The first kappa shape index (κ1) is 21.9. The molecule has 30 heavy (non-hydrogen) atoms. The summed E-state index contributed by atoms with van der Waals surface area (Å²) in [5.41, 5.74) is 2.80. The van der Waals surface area contributed by atoms with Crippen LogP contribution in [0.1, 0.15) is 47.6 Å². The van der Waals surface area contributed by atoms with Gasteiger partial charge in [0.25, 0.3) is 5.91 Å². The zero-order chi connectivity index (χ0) is 21.3. The molecular formula is C23H28N4O2S. The van der Waals surface area contributed by atoms with Crippen LogP contribution in [0.15, 0.2) is 58.3 Å². The van der Waals surface area contributed by atoms with Crippen molar-refractivity contribution in [3.05, 3.63) is 71.3 Å². The van der Waals surface area contributed by atoms with Gasteiger partial charge in [0.15, 0.2) is 5.16 Å². The van der Waals surface area contributed by atoms with Crippen molar-refractivity contribution in [3.63, 3.8) is 0 Å². The first-order valence-corrected chi connectivity index (χ1v) is 11.2. The molecular weight excluding hydrogens is 396 g/mol. The highest BCUT2D eigenvalue weighted by Gasteiger charge is 2.10. The molecule has 0 unspecified atom stereocenters. The zero-order valence-corrected chi connectivity index (χ0v) is 18.5. The number of nitrogens with zero attached hydrogens (tertiary/aromatic N) is 3. The van der Waals surface area contributed by atoms with Crippen LogP contribution in [0.2, 0.25) is 0 Å². The summed E-state index contributed by atoms with van der Waals surface area (Å²) in [4.78, 5) is 23.8. The highest BCUT2D eigenvalue weighted by Crippen LogP contribution is 2.23. The maximum atomic E-state index is 12.3. The molecule has 1 amide bonds. The van der Waals surface area contributed by atoms with E-state index in [1.807, 2.05) is 30.3 Å². The lowest BCUT2D eigenvalue weighted by Crippen LogP contribution is -2.22. The SMILES string of the molecule is CCCN(C)c1cc(CC)nc(SCc2ccc(C(=O)NCc3ccco3)cc2)n1. The Hall–Kier alpha value is -2.80. The van der Waals surface area contributed by atoms with E-state index < -0.39 is 0 Å². The fraction of sp³-hybridized carbons (Fsp3) is 0.348. The highest BCUT2D eigenvalue weighted by atomic mass is 32.2. The number of benzene rings is 1. The number of aromatic nitrogens is 2. The van der Waals surface area contributed by atoms with Crippen molar-refractivity contribution in [2.45, 2.75) is 44.1 Å². The smallest absolute Gasteiger partial charge is 0.251 e. The number of anilines is 1. The van der Waals surface area contributed by atoms with Crippen molar-refractivity contribution >= 4 is 23.5 Å². The standard InChI is InChI=1S/C23H28N4O2S/c1-4-12-27(3)21-14-19(5-2)25-23(26-21)30-16-17-8-10-18(11-9-17)22(28)24-15-20-7-6-13-29-20/h6-11,13-14H,4-5,12,15-16H2,1-3H3,(H,24,28). The van der Waals surface area contributed by atoms with E-state index in [1.165, 1.54) is 0 Å².